The van der Waals surface area contributed by atoms with E-state index in [1.807, 2.05) is 6.92 Å². The van der Waals surface area contributed by atoms with Gasteiger partial charge in [0.15, 0.2) is 0 Å². The SMILES string of the molecule is Cc1ccc(C2CNC(C)C2)cc1Cl. The number of rotatable bonds is 1. The van der Waals surface area contributed by atoms with E-state index in [4.69, 9.17) is 11.6 Å². The highest BCUT2D eigenvalue weighted by Crippen LogP contribution is 2.28. The molecule has 1 N–H and O–H groups in total. The largest absolute Gasteiger partial charge is 0.314 e. The number of halogens is 1. The van der Waals surface area contributed by atoms with Gasteiger partial charge in [0.05, 0.1) is 0 Å². The molecule has 14 heavy (non-hydrogen) atoms. The van der Waals surface area contributed by atoms with Gasteiger partial charge in [-0.3, -0.25) is 0 Å². The Bertz CT molecular complexity index is 335. The van der Waals surface area contributed by atoms with Gasteiger partial charge in [0.2, 0.25) is 0 Å². The van der Waals surface area contributed by atoms with E-state index in [2.05, 4.69) is 30.4 Å². The number of benzene rings is 1. The van der Waals surface area contributed by atoms with Crippen LogP contribution in [0, 0.1) is 6.92 Å². The number of hydrogen-bond acceptors (Lipinski definition) is 1. The maximum Gasteiger partial charge on any atom is 0.0438 e. The van der Waals surface area contributed by atoms with Crippen molar-refractivity contribution >= 4 is 11.6 Å². The first-order valence-electron chi connectivity index (χ1n) is 5.16. The minimum atomic E-state index is 0.639. The maximum atomic E-state index is 6.11. The fourth-order valence-corrected chi connectivity index (χ4v) is 2.24. The molecule has 0 aliphatic carbocycles. The van der Waals surface area contributed by atoms with Gasteiger partial charge in [-0.25, -0.2) is 0 Å². The zero-order valence-corrected chi connectivity index (χ0v) is 9.43. The molecule has 1 aromatic carbocycles. The topological polar surface area (TPSA) is 12.0 Å². The molecule has 1 saturated heterocycles. The molecule has 76 valence electrons. The molecule has 2 unspecified atom stereocenters. The second kappa shape index (κ2) is 3.92. The van der Waals surface area contributed by atoms with Crippen molar-refractivity contribution < 1.29 is 0 Å². The van der Waals surface area contributed by atoms with Gasteiger partial charge in [-0.1, -0.05) is 23.7 Å². The Morgan fingerprint density at radius 2 is 2.21 bits per heavy atom. The standard InChI is InChI=1S/C12H16ClN/c1-8-3-4-10(6-12(8)13)11-5-9(2)14-7-11/h3-4,6,9,11,14H,5,7H2,1-2H3. The summed E-state index contributed by atoms with van der Waals surface area (Å²) >= 11 is 6.11. The van der Waals surface area contributed by atoms with Crippen LogP contribution in [0.3, 0.4) is 0 Å². The van der Waals surface area contributed by atoms with Gasteiger partial charge in [0.25, 0.3) is 0 Å². The molecule has 1 aliphatic rings. The van der Waals surface area contributed by atoms with E-state index in [1.54, 1.807) is 0 Å². The lowest BCUT2D eigenvalue weighted by Crippen LogP contribution is -2.16. The summed E-state index contributed by atoms with van der Waals surface area (Å²) in [7, 11) is 0. The normalized spacial score (nSPS) is 26.8. The first-order chi connectivity index (χ1) is 6.66. The van der Waals surface area contributed by atoms with Gasteiger partial charge < -0.3 is 5.32 Å². The van der Waals surface area contributed by atoms with Crippen molar-refractivity contribution in [2.45, 2.75) is 32.2 Å². The Balaban J connectivity index is 2.20. The molecule has 0 amide bonds. The predicted octanol–water partition coefficient (Wildman–Crippen LogP) is 3.11. The molecule has 2 atom stereocenters. The lowest BCUT2D eigenvalue weighted by atomic mass is 9.96. The Morgan fingerprint density at radius 3 is 2.79 bits per heavy atom. The predicted molar refractivity (Wildman–Crippen MR) is 61.0 cm³/mol. The highest BCUT2D eigenvalue weighted by molar-refractivity contribution is 6.31. The molecule has 0 aromatic heterocycles. The Hall–Kier alpha value is -0.530. The van der Waals surface area contributed by atoms with Crippen LogP contribution in [0.1, 0.15) is 30.4 Å². The first kappa shape index (κ1) is 10.0. The molecule has 1 nitrogen and oxygen atoms in total. The summed E-state index contributed by atoms with van der Waals surface area (Å²) in [5, 5.41) is 4.35. The molecular formula is C12H16ClN. The number of aryl methyl sites for hydroxylation is 1. The summed E-state index contributed by atoms with van der Waals surface area (Å²) < 4.78 is 0. The average molecular weight is 210 g/mol. The van der Waals surface area contributed by atoms with E-state index in [-0.39, 0.29) is 0 Å². The van der Waals surface area contributed by atoms with Crippen molar-refractivity contribution in [1.82, 2.24) is 5.32 Å². The van der Waals surface area contributed by atoms with Gasteiger partial charge >= 0.3 is 0 Å². The van der Waals surface area contributed by atoms with Crippen molar-refractivity contribution in [2.75, 3.05) is 6.54 Å². The molecule has 2 heteroatoms. The van der Waals surface area contributed by atoms with Crippen LogP contribution in [0.2, 0.25) is 5.02 Å². The highest BCUT2D eigenvalue weighted by Gasteiger charge is 2.22. The summed E-state index contributed by atoms with van der Waals surface area (Å²) in [5.74, 6) is 0.642. The van der Waals surface area contributed by atoms with Crippen molar-refractivity contribution in [3.63, 3.8) is 0 Å². The number of hydrogen-bond donors (Lipinski definition) is 1. The van der Waals surface area contributed by atoms with E-state index >= 15 is 0 Å². The fourth-order valence-electron chi connectivity index (χ4n) is 2.05. The Kier molecular flexibility index (Phi) is 2.80. The van der Waals surface area contributed by atoms with Gasteiger partial charge in [-0.15, -0.1) is 0 Å². The molecule has 1 aliphatic heterocycles. The van der Waals surface area contributed by atoms with Crippen LogP contribution in [0.5, 0.6) is 0 Å². The molecule has 0 saturated carbocycles. The summed E-state index contributed by atoms with van der Waals surface area (Å²) in [5.41, 5.74) is 2.53. The summed E-state index contributed by atoms with van der Waals surface area (Å²) in [6, 6.07) is 7.06. The van der Waals surface area contributed by atoms with Gasteiger partial charge in [-0.05, 0) is 43.4 Å². The first-order valence-corrected chi connectivity index (χ1v) is 5.54. The molecule has 1 aromatic rings. The molecule has 2 rings (SSSR count). The smallest absolute Gasteiger partial charge is 0.0438 e. The molecule has 0 bridgehead atoms. The fraction of sp³-hybridized carbons (Fsp3) is 0.500. The van der Waals surface area contributed by atoms with Crippen molar-refractivity contribution in [2.24, 2.45) is 0 Å². The molecule has 1 fully saturated rings. The monoisotopic (exact) mass is 209 g/mol. The summed E-state index contributed by atoms with van der Waals surface area (Å²) in [4.78, 5) is 0. The lowest BCUT2D eigenvalue weighted by molar-refractivity contribution is 0.658. The van der Waals surface area contributed by atoms with E-state index in [0.717, 1.165) is 17.1 Å². The third kappa shape index (κ3) is 1.94. The Morgan fingerprint density at radius 1 is 1.43 bits per heavy atom. The van der Waals surface area contributed by atoms with Crippen LogP contribution < -0.4 is 5.32 Å². The highest BCUT2D eigenvalue weighted by atomic mass is 35.5. The Labute approximate surface area is 90.5 Å². The van der Waals surface area contributed by atoms with Gasteiger partial charge in [-0.2, -0.15) is 0 Å². The van der Waals surface area contributed by atoms with Crippen LogP contribution in [0.25, 0.3) is 0 Å². The lowest BCUT2D eigenvalue weighted by Gasteiger charge is -2.10. The molecule has 0 spiro atoms. The van der Waals surface area contributed by atoms with Crippen molar-refractivity contribution in [1.29, 1.82) is 0 Å². The van der Waals surface area contributed by atoms with Crippen LogP contribution in [-0.2, 0) is 0 Å². The van der Waals surface area contributed by atoms with Crippen LogP contribution in [-0.4, -0.2) is 12.6 Å². The second-order valence-electron chi connectivity index (χ2n) is 4.25. The quantitative estimate of drug-likeness (QED) is 0.750. The average Bonchev–Trinajstić information content (AvgIpc) is 2.57. The van der Waals surface area contributed by atoms with Gasteiger partial charge in [0.1, 0.15) is 0 Å². The van der Waals surface area contributed by atoms with Crippen LogP contribution in [0.4, 0.5) is 0 Å². The third-order valence-electron chi connectivity index (χ3n) is 3.02. The van der Waals surface area contributed by atoms with Crippen molar-refractivity contribution in [3.8, 4) is 0 Å². The zero-order valence-electron chi connectivity index (χ0n) is 8.68. The van der Waals surface area contributed by atoms with Gasteiger partial charge in [0, 0.05) is 17.6 Å². The third-order valence-corrected chi connectivity index (χ3v) is 3.43. The summed E-state index contributed by atoms with van der Waals surface area (Å²) in [6.45, 7) is 5.36. The molecular weight excluding hydrogens is 194 g/mol. The minimum absolute atomic E-state index is 0.639. The van der Waals surface area contributed by atoms with Crippen LogP contribution in [0.15, 0.2) is 18.2 Å². The van der Waals surface area contributed by atoms with E-state index in [9.17, 15) is 0 Å². The second-order valence-corrected chi connectivity index (χ2v) is 4.66. The van der Waals surface area contributed by atoms with E-state index in [0.29, 0.717) is 12.0 Å². The van der Waals surface area contributed by atoms with E-state index < -0.39 is 0 Å². The van der Waals surface area contributed by atoms with Crippen molar-refractivity contribution in [3.05, 3.63) is 34.3 Å². The summed E-state index contributed by atoms with van der Waals surface area (Å²) in [6.07, 6.45) is 1.22. The van der Waals surface area contributed by atoms with Crippen LogP contribution >= 0.6 is 11.6 Å². The maximum absolute atomic E-state index is 6.11. The van der Waals surface area contributed by atoms with E-state index in [1.165, 1.54) is 12.0 Å². The molecule has 0 radical (unpaired) electrons. The zero-order chi connectivity index (χ0) is 10.1. The minimum Gasteiger partial charge on any atom is -0.314 e. The number of nitrogens with one attached hydrogen (secondary N) is 1. The molecule has 1 heterocycles.